The van der Waals surface area contributed by atoms with Crippen LogP contribution in [-0.4, -0.2) is 30.4 Å². The van der Waals surface area contributed by atoms with Crippen LogP contribution >= 0.6 is 0 Å². The van der Waals surface area contributed by atoms with Gasteiger partial charge in [-0.05, 0) is 12.1 Å². The minimum atomic E-state index is -0.200. The zero-order valence-electron chi connectivity index (χ0n) is 6.27. The van der Waals surface area contributed by atoms with Gasteiger partial charge in [0.15, 0.2) is 0 Å². The highest BCUT2D eigenvalue weighted by Crippen LogP contribution is 1.91. The normalized spacial score (nSPS) is 10.4. The Balaban J connectivity index is 2.61. The number of hydrogen-bond donors (Lipinski definition) is 2. The molecule has 0 atom stereocenters. The third-order valence-electron chi connectivity index (χ3n) is 1.38. The molecule has 0 saturated heterocycles. The average Bonchev–Trinajstić information content (AvgIpc) is 2.58. The van der Waals surface area contributed by atoms with Crippen molar-refractivity contribution in [1.82, 2.24) is 30.4 Å². The lowest BCUT2D eigenvalue weighted by Crippen LogP contribution is -2.14. The van der Waals surface area contributed by atoms with Crippen LogP contribution in [-0.2, 0) is 0 Å². The molecule has 12 heavy (non-hydrogen) atoms. The molecule has 2 rings (SSSR count). The van der Waals surface area contributed by atoms with Gasteiger partial charge in [0.2, 0.25) is 0 Å². The molecule has 62 valence electrons. The highest BCUT2D eigenvalue weighted by Gasteiger charge is 2.05. The van der Waals surface area contributed by atoms with Gasteiger partial charge in [0.05, 0.1) is 0 Å². The number of nitrogens with zero attached hydrogens (tertiary/aromatic N) is 4. The molecular weight excluding hydrogens is 160 g/mol. The molecule has 0 radical (unpaired) electrons. The maximum absolute atomic E-state index is 11.1. The molecule has 0 fully saturated rings. The summed E-state index contributed by atoms with van der Waals surface area (Å²) in [6, 6.07) is 1.45. The molecule has 0 aromatic carbocycles. The zero-order chi connectivity index (χ0) is 8.55. The Bertz CT molecular complexity index is 423. The van der Waals surface area contributed by atoms with Gasteiger partial charge in [0.25, 0.3) is 11.5 Å². The minimum absolute atomic E-state index is 0.200. The molecule has 2 aromatic rings. The van der Waals surface area contributed by atoms with Crippen molar-refractivity contribution in [2.45, 2.75) is 6.92 Å². The van der Waals surface area contributed by atoms with Crippen LogP contribution in [0.5, 0.6) is 0 Å². The monoisotopic (exact) mass is 166 g/mol. The number of H-pyrrole nitrogens is 2. The van der Waals surface area contributed by atoms with E-state index >= 15 is 0 Å². The molecule has 2 heterocycles. The lowest BCUT2D eigenvalue weighted by molar-refractivity contribution is 0.777. The molecule has 0 unspecified atom stereocenters. The molecular formula is C5H6N6O. The van der Waals surface area contributed by atoms with Crippen LogP contribution in [0.2, 0.25) is 0 Å². The van der Waals surface area contributed by atoms with E-state index in [9.17, 15) is 4.79 Å². The minimum Gasteiger partial charge on any atom is -0.293 e. The number of aromatic nitrogens is 6. The molecule has 0 spiro atoms. The molecule has 2 N–H and O–H groups in total. The quantitative estimate of drug-likeness (QED) is 0.567. The van der Waals surface area contributed by atoms with Crippen molar-refractivity contribution in [2.75, 3.05) is 0 Å². The first-order chi connectivity index (χ1) is 5.77. The Kier molecular flexibility index (Phi) is 1.29. The van der Waals surface area contributed by atoms with E-state index in [0.29, 0.717) is 0 Å². The number of tetrazole rings is 1. The topological polar surface area (TPSA) is 92.2 Å². The van der Waals surface area contributed by atoms with Crippen molar-refractivity contribution in [3.63, 3.8) is 0 Å². The fourth-order valence-corrected chi connectivity index (χ4v) is 0.913. The predicted octanol–water partition coefficient (Wildman–Crippen LogP) is -1.01. The smallest absolute Gasteiger partial charge is 0.291 e. The van der Waals surface area contributed by atoms with E-state index in [1.54, 1.807) is 6.92 Å². The standard InChI is InChI=1S/C5H6N6O/c1-3-2-4(12)11(8-3)5-6-9-10-7-5/h2,8H,1H3,(H,6,7,9,10). The van der Waals surface area contributed by atoms with Gasteiger partial charge in [0.1, 0.15) is 0 Å². The van der Waals surface area contributed by atoms with Crippen LogP contribution in [0.3, 0.4) is 0 Å². The van der Waals surface area contributed by atoms with E-state index in [1.807, 2.05) is 0 Å². The number of aryl methyl sites for hydroxylation is 1. The van der Waals surface area contributed by atoms with Crippen molar-refractivity contribution in [1.29, 1.82) is 0 Å². The van der Waals surface area contributed by atoms with Crippen molar-refractivity contribution >= 4 is 0 Å². The van der Waals surface area contributed by atoms with Gasteiger partial charge >= 0.3 is 0 Å². The Morgan fingerprint density at radius 3 is 2.92 bits per heavy atom. The third-order valence-corrected chi connectivity index (χ3v) is 1.38. The molecule has 0 aliphatic rings. The molecule has 0 aliphatic heterocycles. The van der Waals surface area contributed by atoms with Gasteiger partial charge in [-0.15, -0.1) is 5.10 Å². The SMILES string of the molecule is Cc1cc(=O)n(-c2nn[nH]n2)[nH]1. The van der Waals surface area contributed by atoms with Crippen molar-refractivity contribution in [2.24, 2.45) is 0 Å². The lowest BCUT2D eigenvalue weighted by Gasteiger charge is -1.89. The van der Waals surface area contributed by atoms with Gasteiger partial charge in [-0.2, -0.15) is 9.90 Å². The summed E-state index contributed by atoms with van der Waals surface area (Å²) >= 11 is 0. The summed E-state index contributed by atoms with van der Waals surface area (Å²) in [5.74, 6) is 0.216. The molecule has 0 aliphatic carbocycles. The zero-order valence-corrected chi connectivity index (χ0v) is 6.27. The Hall–Kier alpha value is -1.92. The van der Waals surface area contributed by atoms with E-state index in [-0.39, 0.29) is 11.5 Å². The Morgan fingerprint density at radius 2 is 2.42 bits per heavy atom. The molecule has 7 heteroatoms. The number of hydrogen-bond acceptors (Lipinski definition) is 4. The largest absolute Gasteiger partial charge is 0.293 e. The maximum Gasteiger partial charge on any atom is 0.291 e. The first-order valence-electron chi connectivity index (χ1n) is 3.30. The van der Waals surface area contributed by atoms with E-state index in [0.717, 1.165) is 5.69 Å². The van der Waals surface area contributed by atoms with E-state index in [4.69, 9.17) is 0 Å². The second-order valence-electron chi connectivity index (χ2n) is 2.32. The van der Waals surface area contributed by atoms with Crippen LogP contribution in [0, 0.1) is 6.92 Å². The maximum atomic E-state index is 11.1. The molecule has 0 amide bonds. The van der Waals surface area contributed by atoms with E-state index in [1.165, 1.54) is 10.7 Å². The van der Waals surface area contributed by atoms with Crippen LogP contribution in [0.25, 0.3) is 5.95 Å². The van der Waals surface area contributed by atoms with Gasteiger partial charge < -0.3 is 0 Å². The first kappa shape index (κ1) is 6.77. The summed E-state index contributed by atoms with van der Waals surface area (Å²) in [5.41, 5.74) is 0.554. The third kappa shape index (κ3) is 0.911. The second kappa shape index (κ2) is 2.29. The van der Waals surface area contributed by atoms with Crippen LogP contribution < -0.4 is 5.56 Å². The molecule has 2 aromatic heterocycles. The van der Waals surface area contributed by atoms with Crippen molar-refractivity contribution < 1.29 is 0 Å². The predicted molar refractivity (Wildman–Crippen MR) is 38.9 cm³/mol. The van der Waals surface area contributed by atoms with Gasteiger partial charge in [-0.25, -0.2) is 0 Å². The molecule has 7 nitrogen and oxygen atoms in total. The number of aromatic amines is 2. The first-order valence-corrected chi connectivity index (χ1v) is 3.30. The van der Waals surface area contributed by atoms with Crippen molar-refractivity contribution in [3.8, 4) is 5.95 Å². The Morgan fingerprint density at radius 1 is 1.58 bits per heavy atom. The number of nitrogens with one attached hydrogen (secondary N) is 2. The van der Waals surface area contributed by atoms with Crippen LogP contribution in [0.1, 0.15) is 5.69 Å². The fraction of sp³-hybridized carbons (Fsp3) is 0.200. The highest BCUT2D eigenvalue weighted by molar-refractivity contribution is 5.07. The number of rotatable bonds is 1. The van der Waals surface area contributed by atoms with Gasteiger partial charge in [-0.1, -0.05) is 5.10 Å². The van der Waals surface area contributed by atoms with Gasteiger partial charge in [-0.3, -0.25) is 9.89 Å². The highest BCUT2D eigenvalue weighted by atomic mass is 16.1. The summed E-state index contributed by atoms with van der Waals surface area (Å²) in [4.78, 5) is 11.1. The van der Waals surface area contributed by atoms with E-state index < -0.39 is 0 Å². The van der Waals surface area contributed by atoms with E-state index in [2.05, 4.69) is 25.7 Å². The Labute approximate surface area is 66.4 Å². The average molecular weight is 166 g/mol. The fourth-order valence-electron chi connectivity index (χ4n) is 0.913. The molecule has 0 saturated carbocycles. The summed E-state index contributed by atoms with van der Waals surface area (Å²) in [6.07, 6.45) is 0. The second-order valence-corrected chi connectivity index (χ2v) is 2.32. The van der Waals surface area contributed by atoms with Crippen molar-refractivity contribution in [3.05, 3.63) is 22.1 Å². The van der Waals surface area contributed by atoms with Gasteiger partial charge in [0, 0.05) is 11.8 Å². The molecule has 0 bridgehead atoms. The summed E-state index contributed by atoms with van der Waals surface area (Å²) in [6.45, 7) is 1.78. The van der Waals surface area contributed by atoms with Crippen LogP contribution in [0.4, 0.5) is 0 Å². The lowest BCUT2D eigenvalue weighted by atomic mass is 10.5. The summed E-state index contributed by atoms with van der Waals surface area (Å²) in [5, 5.41) is 15.6. The summed E-state index contributed by atoms with van der Waals surface area (Å²) < 4.78 is 1.21. The summed E-state index contributed by atoms with van der Waals surface area (Å²) in [7, 11) is 0. The van der Waals surface area contributed by atoms with Crippen LogP contribution in [0.15, 0.2) is 10.9 Å².